The Bertz CT molecular complexity index is 1580. The minimum atomic E-state index is -4.55. The van der Waals surface area contributed by atoms with Crippen molar-refractivity contribution in [1.82, 2.24) is 14.5 Å². The fourth-order valence-corrected chi connectivity index (χ4v) is 5.45. The summed E-state index contributed by atoms with van der Waals surface area (Å²) in [7, 11) is 1.51. The van der Waals surface area contributed by atoms with Gasteiger partial charge >= 0.3 is 6.18 Å². The zero-order valence-corrected chi connectivity index (χ0v) is 24.9. The number of hydrogen-bond donors (Lipinski definition) is 1. The maximum Gasteiger partial charge on any atom is 0.416 e. The molecule has 0 saturated heterocycles. The number of halogens is 3. The summed E-state index contributed by atoms with van der Waals surface area (Å²) in [6.45, 7) is 4.89. The summed E-state index contributed by atoms with van der Waals surface area (Å²) in [4.78, 5) is 30.4. The Hall–Kier alpha value is -4.26. The van der Waals surface area contributed by atoms with Crippen LogP contribution in [0.5, 0.6) is 17.2 Å². The summed E-state index contributed by atoms with van der Waals surface area (Å²) >= 11 is 1.03. The molecule has 13 heteroatoms. The number of ether oxygens (including phenoxy) is 3. The van der Waals surface area contributed by atoms with E-state index in [0.29, 0.717) is 53.7 Å². The summed E-state index contributed by atoms with van der Waals surface area (Å²) in [5.41, 5.74) is 5.91. The fourth-order valence-electron chi connectivity index (χ4n) is 4.52. The Morgan fingerprint density at radius 1 is 1.05 bits per heavy atom. The third-order valence-corrected chi connectivity index (χ3v) is 7.87. The molecule has 2 aromatic heterocycles. The molecule has 2 N–H and O–H groups in total. The topological polar surface area (TPSA) is 109 Å². The van der Waals surface area contributed by atoms with Gasteiger partial charge in [-0.2, -0.15) is 13.2 Å². The largest absolute Gasteiger partial charge is 0.493 e. The Morgan fingerprint density at radius 2 is 1.79 bits per heavy atom. The van der Waals surface area contributed by atoms with Crippen LogP contribution in [0.4, 0.5) is 13.2 Å². The lowest BCUT2D eigenvalue weighted by Crippen LogP contribution is -2.31. The van der Waals surface area contributed by atoms with Crippen molar-refractivity contribution >= 4 is 34.2 Å². The smallest absolute Gasteiger partial charge is 0.416 e. The van der Waals surface area contributed by atoms with Gasteiger partial charge in [-0.05, 0) is 18.9 Å². The van der Waals surface area contributed by atoms with Crippen molar-refractivity contribution in [3.63, 3.8) is 0 Å². The number of imidazole rings is 1. The van der Waals surface area contributed by atoms with Crippen LogP contribution in [0, 0.1) is 0 Å². The minimum absolute atomic E-state index is 0.0331. The molecule has 9 nitrogen and oxygen atoms in total. The number of alkyl halides is 3. The first-order valence-electron chi connectivity index (χ1n) is 13.7. The number of nitrogens with two attached hydrogens (primary N) is 1. The molecule has 0 aliphatic rings. The Kier molecular flexibility index (Phi) is 10.2. The van der Waals surface area contributed by atoms with E-state index in [2.05, 4.69) is 11.9 Å². The summed E-state index contributed by atoms with van der Waals surface area (Å²) in [5.74, 6) is 0.267. The van der Waals surface area contributed by atoms with Crippen LogP contribution in [0.2, 0.25) is 0 Å². The third-order valence-electron chi connectivity index (χ3n) is 6.74. The lowest BCUT2D eigenvalue weighted by molar-refractivity contribution is -0.138. The molecule has 0 radical (unpaired) electrons. The number of benzene rings is 2. The number of carbonyl (C=O) groups excluding carboxylic acids is 2. The van der Waals surface area contributed by atoms with Crippen LogP contribution in [0.15, 0.2) is 48.8 Å². The number of thiophene rings is 1. The molecule has 0 unspecified atom stereocenters. The molecule has 0 aliphatic carbocycles. The third kappa shape index (κ3) is 7.58. The highest BCUT2D eigenvalue weighted by Crippen LogP contribution is 2.38. The monoisotopic (exact) mass is 618 g/mol. The van der Waals surface area contributed by atoms with Crippen molar-refractivity contribution in [3.05, 3.63) is 64.8 Å². The van der Waals surface area contributed by atoms with Crippen LogP contribution in [-0.2, 0) is 17.6 Å². The van der Waals surface area contributed by atoms with Gasteiger partial charge in [-0.25, -0.2) is 4.98 Å². The van der Waals surface area contributed by atoms with Gasteiger partial charge in [0.05, 0.1) is 30.3 Å². The van der Waals surface area contributed by atoms with Gasteiger partial charge in [-0.3, -0.25) is 14.2 Å². The second kappa shape index (κ2) is 13.8. The minimum Gasteiger partial charge on any atom is -0.493 e. The number of rotatable bonds is 14. The van der Waals surface area contributed by atoms with Crippen molar-refractivity contribution in [2.75, 3.05) is 26.8 Å². The molecule has 4 rings (SSSR count). The normalized spacial score (nSPS) is 11.5. The van der Waals surface area contributed by atoms with E-state index < -0.39 is 24.3 Å². The van der Waals surface area contributed by atoms with Gasteiger partial charge in [-0.15, -0.1) is 11.3 Å². The first-order chi connectivity index (χ1) is 20.5. The van der Waals surface area contributed by atoms with E-state index in [9.17, 15) is 22.8 Å². The Labute approximate surface area is 251 Å². The number of aromatic nitrogens is 2. The van der Waals surface area contributed by atoms with Gasteiger partial charge in [0.25, 0.3) is 5.91 Å². The van der Waals surface area contributed by atoms with Crippen molar-refractivity contribution < 1.29 is 37.0 Å². The maximum absolute atomic E-state index is 13.4. The maximum atomic E-state index is 13.4. The molecule has 0 saturated carbocycles. The van der Waals surface area contributed by atoms with Crippen molar-refractivity contribution in [3.8, 4) is 22.2 Å². The van der Waals surface area contributed by atoms with Crippen LogP contribution in [0.3, 0.4) is 0 Å². The van der Waals surface area contributed by atoms with E-state index in [4.69, 9.17) is 19.9 Å². The number of primary amides is 1. The lowest BCUT2D eigenvalue weighted by atomic mass is 10.1. The zero-order chi connectivity index (χ0) is 31.1. The molecule has 2 heterocycles. The van der Waals surface area contributed by atoms with E-state index in [-0.39, 0.29) is 22.1 Å². The molecule has 0 spiro atoms. The molecular formula is C30H33F3N4O5S. The predicted molar refractivity (Wildman–Crippen MR) is 157 cm³/mol. The Balaban J connectivity index is 1.53. The van der Waals surface area contributed by atoms with E-state index >= 15 is 0 Å². The summed E-state index contributed by atoms with van der Waals surface area (Å²) < 4.78 is 59.2. The van der Waals surface area contributed by atoms with Gasteiger partial charge in [0, 0.05) is 43.8 Å². The number of carbonyl (C=O) groups is 2. The van der Waals surface area contributed by atoms with Crippen LogP contribution < -0.4 is 19.9 Å². The standard InChI is InChI=1S/C30H33F3N4O5S/c1-4-5-11-36(19(2)38)12-8-13-41-25-14-22-23(15-24(25)40-3)37(18-35-22)27-16-26(28(43-27)29(34)39)42-17-20-9-6-7-10-21(20)30(31,32)33/h6-7,9-10,14-16,18H,4-5,8,11-13,17H2,1-3H3,(H2,34,39). The highest BCUT2D eigenvalue weighted by molar-refractivity contribution is 7.16. The Morgan fingerprint density at radius 3 is 2.47 bits per heavy atom. The van der Waals surface area contributed by atoms with E-state index in [1.165, 1.54) is 31.4 Å². The van der Waals surface area contributed by atoms with E-state index in [1.54, 1.807) is 30.0 Å². The van der Waals surface area contributed by atoms with Crippen LogP contribution in [0.25, 0.3) is 16.0 Å². The van der Waals surface area contributed by atoms with Gasteiger partial charge in [0.1, 0.15) is 28.6 Å². The highest BCUT2D eigenvalue weighted by atomic mass is 32.1. The molecular weight excluding hydrogens is 585 g/mol. The number of unbranched alkanes of at least 4 members (excludes halogenated alkanes) is 1. The molecule has 4 aromatic rings. The molecule has 0 bridgehead atoms. The molecule has 0 atom stereocenters. The summed E-state index contributed by atoms with van der Waals surface area (Å²) in [6.07, 6.45) is -0.415. The average molecular weight is 619 g/mol. The van der Waals surface area contributed by atoms with Crippen LogP contribution in [0.1, 0.15) is 53.9 Å². The van der Waals surface area contributed by atoms with Gasteiger partial charge in [-0.1, -0.05) is 31.5 Å². The second-order valence-electron chi connectivity index (χ2n) is 9.75. The molecule has 2 amide bonds. The zero-order valence-electron chi connectivity index (χ0n) is 24.1. The number of hydrogen-bond acceptors (Lipinski definition) is 7. The number of methoxy groups -OCH3 is 1. The number of amides is 2. The van der Waals surface area contributed by atoms with Crippen molar-refractivity contribution in [1.29, 1.82) is 0 Å². The fraction of sp³-hybridized carbons (Fsp3) is 0.367. The SMILES string of the molecule is CCCCN(CCCOc1cc2ncn(-c3cc(OCc4ccccc4C(F)(F)F)c(C(N)=O)s3)c2cc1OC)C(C)=O. The first kappa shape index (κ1) is 31.7. The van der Waals surface area contributed by atoms with E-state index in [0.717, 1.165) is 30.2 Å². The summed E-state index contributed by atoms with van der Waals surface area (Å²) in [5, 5.41) is 0.516. The van der Waals surface area contributed by atoms with Crippen molar-refractivity contribution in [2.24, 2.45) is 5.73 Å². The predicted octanol–water partition coefficient (Wildman–Crippen LogP) is 6.21. The molecule has 43 heavy (non-hydrogen) atoms. The molecule has 2 aromatic carbocycles. The average Bonchev–Trinajstić information content (AvgIpc) is 3.58. The molecule has 230 valence electrons. The lowest BCUT2D eigenvalue weighted by Gasteiger charge is -2.21. The number of fused-ring (bicyclic) bond motifs is 1. The molecule has 0 fully saturated rings. The molecule has 0 aliphatic heterocycles. The number of nitrogens with zero attached hydrogens (tertiary/aromatic N) is 3. The van der Waals surface area contributed by atoms with Gasteiger partial charge < -0.3 is 24.8 Å². The van der Waals surface area contributed by atoms with Gasteiger partial charge in [0.2, 0.25) is 5.91 Å². The van der Waals surface area contributed by atoms with Crippen molar-refractivity contribution in [2.45, 2.75) is 45.9 Å². The van der Waals surface area contributed by atoms with Crippen LogP contribution in [-0.4, -0.2) is 53.1 Å². The second-order valence-corrected chi connectivity index (χ2v) is 10.8. The first-order valence-corrected chi connectivity index (χ1v) is 14.5. The highest BCUT2D eigenvalue weighted by Gasteiger charge is 2.33. The quantitative estimate of drug-likeness (QED) is 0.168. The van der Waals surface area contributed by atoms with Gasteiger partial charge in [0.15, 0.2) is 11.5 Å². The summed E-state index contributed by atoms with van der Waals surface area (Å²) in [6, 6.07) is 10.1. The van der Waals surface area contributed by atoms with Crippen LogP contribution >= 0.6 is 11.3 Å². The van der Waals surface area contributed by atoms with E-state index in [1.807, 2.05) is 4.90 Å².